The summed E-state index contributed by atoms with van der Waals surface area (Å²) in [5.41, 5.74) is 5.30. The fraction of sp³-hybridized carbons (Fsp3) is 0.667. The number of carboxylic acid groups (broad SMARTS) is 1. The van der Waals surface area contributed by atoms with Crippen LogP contribution in [0.5, 0.6) is 5.88 Å². The van der Waals surface area contributed by atoms with Gasteiger partial charge in [0.05, 0.1) is 12.2 Å². The van der Waals surface area contributed by atoms with E-state index in [1.165, 1.54) is 4.90 Å². The Hall–Kier alpha value is -2.45. The highest BCUT2D eigenvalue weighted by Gasteiger charge is 2.61. The number of primary amides is 1. The van der Waals surface area contributed by atoms with Crippen LogP contribution in [-0.4, -0.2) is 45.7 Å². The molecule has 0 spiro atoms. The molecule has 1 aliphatic heterocycles. The molecule has 9 heteroatoms. The van der Waals surface area contributed by atoms with E-state index in [9.17, 15) is 23.5 Å². The number of amides is 2. The number of carbonyl (C=O) groups is 2. The van der Waals surface area contributed by atoms with Crippen LogP contribution < -0.4 is 10.5 Å². The van der Waals surface area contributed by atoms with E-state index in [0.717, 1.165) is 25.5 Å². The lowest BCUT2D eigenvalue weighted by molar-refractivity contribution is -0.156. The average molecular weight is 421 g/mol. The quantitative estimate of drug-likeness (QED) is 0.778. The van der Waals surface area contributed by atoms with Crippen LogP contribution in [0.25, 0.3) is 0 Å². The number of rotatable bonds is 4. The number of hydrogen-bond acceptors (Lipinski definition) is 4. The topological polar surface area (TPSA) is 106 Å². The molecule has 6 rings (SSSR count). The minimum absolute atomic E-state index is 0.0288. The number of nitrogens with zero attached hydrogens (tertiary/aromatic N) is 2. The highest BCUT2D eigenvalue weighted by molar-refractivity contribution is 5.81. The first-order valence-electron chi connectivity index (χ1n) is 10.5. The van der Waals surface area contributed by atoms with Gasteiger partial charge in [-0.05, 0) is 55.8 Å². The summed E-state index contributed by atoms with van der Waals surface area (Å²) in [6.07, 6.45) is 3.80. The van der Waals surface area contributed by atoms with Crippen molar-refractivity contribution in [3.05, 3.63) is 23.9 Å². The maximum atomic E-state index is 14.1. The van der Waals surface area contributed by atoms with Gasteiger partial charge in [0.1, 0.15) is 11.9 Å². The molecule has 4 unspecified atom stereocenters. The summed E-state index contributed by atoms with van der Waals surface area (Å²) >= 11 is 0. The van der Waals surface area contributed by atoms with E-state index in [2.05, 4.69) is 4.98 Å². The summed E-state index contributed by atoms with van der Waals surface area (Å²) < 4.78 is 33.2. The third-order valence-corrected chi connectivity index (χ3v) is 7.94. The second kappa shape index (κ2) is 6.78. The van der Waals surface area contributed by atoms with E-state index in [-0.39, 0.29) is 36.1 Å². The Morgan fingerprint density at radius 1 is 1.23 bits per heavy atom. The minimum Gasteiger partial charge on any atom is -0.470 e. The first-order valence-corrected chi connectivity index (χ1v) is 10.5. The predicted molar refractivity (Wildman–Crippen MR) is 100 cm³/mol. The molecule has 2 amide bonds. The van der Waals surface area contributed by atoms with Crippen LogP contribution in [0.15, 0.2) is 12.3 Å². The highest BCUT2D eigenvalue weighted by Crippen LogP contribution is 2.63. The van der Waals surface area contributed by atoms with E-state index < -0.39 is 35.3 Å². The Morgan fingerprint density at radius 3 is 2.53 bits per heavy atom. The fourth-order valence-corrected chi connectivity index (χ4v) is 7.15. The lowest BCUT2D eigenvalue weighted by Crippen LogP contribution is -2.61. The molecule has 7 nitrogen and oxygen atoms in total. The number of ether oxygens (including phenoxy) is 1. The molecule has 5 fully saturated rings. The zero-order chi connectivity index (χ0) is 21.2. The van der Waals surface area contributed by atoms with Crippen LogP contribution >= 0.6 is 0 Å². The van der Waals surface area contributed by atoms with Crippen molar-refractivity contribution < 1.29 is 28.2 Å². The smallest absolute Gasteiger partial charge is 0.407 e. The first kappa shape index (κ1) is 19.5. The van der Waals surface area contributed by atoms with Gasteiger partial charge in [-0.3, -0.25) is 4.79 Å². The summed E-state index contributed by atoms with van der Waals surface area (Å²) in [7, 11) is 0. The molecule has 1 aromatic heterocycles. The Bertz CT molecular complexity index is 881. The van der Waals surface area contributed by atoms with Gasteiger partial charge < -0.3 is 20.5 Å². The summed E-state index contributed by atoms with van der Waals surface area (Å²) in [5.74, 6) is -1.41. The van der Waals surface area contributed by atoms with Gasteiger partial charge >= 0.3 is 6.09 Å². The Labute approximate surface area is 172 Å². The normalized spacial score (nSPS) is 39.3. The van der Waals surface area contributed by atoms with Gasteiger partial charge in [-0.15, -0.1) is 0 Å². The zero-order valence-corrected chi connectivity index (χ0v) is 16.5. The molecular formula is C21H25F2N3O4. The minimum atomic E-state index is -1.03. The molecule has 1 saturated heterocycles. The maximum absolute atomic E-state index is 14.1. The number of carbonyl (C=O) groups excluding carboxylic acids is 1. The van der Waals surface area contributed by atoms with E-state index in [0.29, 0.717) is 31.2 Å². The number of nitrogens with two attached hydrogens (primary N) is 1. The van der Waals surface area contributed by atoms with Crippen molar-refractivity contribution in [1.29, 1.82) is 0 Å². The SMILES string of the molecule is NC(=O)[C@]12CC3CC(C1)C(C1[C@@H](Oc4ncc(F)cc4F)CCN1C(=O)O)[C@@H](C3)C2. The standard InChI is InChI=1S/C21H25F2N3O4/c22-13-5-14(23)18(25-9-13)30-15-1-2-26(20(28)29)17(15)16-11-3-10-4-12(16)8-21(6-10,7-11)19(24)27/h5,9-12,15-17H,1-4,6-8H2,(H2,24,27)(H,28,29)/t10?,11-,12?,15-,16?,17?,21-/m0/s1. The molecule has 162 valence electrons. The molecule has 4 aliphatic carbocycles. The van der Waals surface area contributed by atoms with Crippen LogP contribution in [0, 0.1) is 40.7 Å². The first-order chi connectivity index (χ1) is 14.3. The summed E-state index contributed by atoms with van der Waals surface area (Å²) in [6.45, 7) is 0.286. The van der Waals surface area contributed by atoms with Crippen LogP contribution in [0.3, 0.4) is 0 Å². The molecule has 0 radical (unpaired) electrons. The summed E-state index contributed by atoms with van der Waals surface area (Å²) in [4.78, 5) is 29.3. The van der Waals surface area contributed by atoms with Gasteiger partial charge in [0, 0.05) is 24.4 Å². The van der Waals surface area contributed by atoms with E-state index in [4.69, 9.17) is 10.5 Å². The molecule has 4 saturated carbocycles. The van der Waals surface area contributed by atoms with Gasteiger partial charge in [0.2, 0.25) is 5.91 Å². The number of aromatic nitrogens is 1. The summed E-state index contributed by atoms with van der Waals surface area (Å²) in [6, 6.07) is 0.259. The third kappa shape index (κ3) is 2.93. The van der Waals surface area contributed by atoms with Crippen molar-refractivity contribution in [2.24, 2.45) is 34.8 Å². The van der Waals surface area contributed by atoms with Gasteiger partial charge in [-0.25, -0.2) is 18.6 Å². The third-order valence-electron chi connectivity index (χ3n) is 7.94. The van der Waals surface area contributed by atoms with E-state index >= 15 is 0 Å². The summed E-state index contributed by atoms with van der Waals surface area (Å²) in [5, 5.41) is 9.81. The number of pyridine rings is 1. The molecule has 0 aromatic carbocycles. The monoisotopic (exact) mass is 421 g/mol. The Balaban J connectivity index is 1.45. The molecule has 4 bridgehead atoms. The van der Waals surface area contributed by atoms with E-state index in [1.807, 2.05) is 0 Å². The second-order valence-corrected chi connectivity index (χ2v) is 9.54. The lowest BCUT2D eigenvalue weighted by atomic mass is 9.44. The van der Waals surface area contributed by atoms with E-state index in [1.54, 1.807) is 0 Å². The maximum Gasteiger partial charge on any atom is 0.407 e. The molecule has 3 N–H and O–H groups in total. The predicted octanol–water partition coefficient (Wildman–Crippen LogP) is 2.79. The van der Waals surface area contributed by atoms with Crippen LogP contribution in [0.2, 0.25) is 0 Å². The van der Waals surface area contributed by atoms with Crippen molar-refractivity contribution in [3.8, 4) is 5.88 Å². The number of hydrogen-bond donors (Lipinski definition) is 2. The van der Waals surface area contributed by atoms with Crippen molar-refractivity contribution >= 4 is 12.0 Å². The molecular weight excluding hydrogens is 396 g/mol. The molecule has 30 heavy (non-hydrogen) atoms. The van der Waals surface area contributed by atoms with Crippen LogP contribution in [0.1, 0.15) is 38.5 Å². The van der Waals surface area contributed by atoms with Crippen molar-refractivity contribution in [3.63, 3.8) is 0 Å². The van der Waals surface area contributed by atoms with Crippen LogP contribution in [-0.2, 0) is 4.79 Å². The molecule has 5 aliphatic rings. The zero-order valence-electron chi connectivity index (χ0n) is 16.5. The molecule has 2 heterocycles. The fourth-order valence-electron chi connectivity index (χ4n) is 7.15. The van der Waals surface area contributed by atoms with Crippen molar-refractivity contribution in [1.82, 2.24) is 9.88 Å². The van der Waals surface area contributed by atoms with Crippen molar-refractivity contribution in [2.45, 2.75) is 50.7 Å². The van der Waals surface area contributed by atoms with Gasteiger partial charge in [0.15, 0.2) is 5.82 Å². The largest absolute Gasteiger partial charge is 0.470 e. The molecule has 7 atom stereocenters. The number of likely N-dealkylation sites (tertiary alicyclic amines) is 1. The average Bonchev–Trinajstić information content (AvgIpc) is 3.07. The second-order valence-electron chi connectivity index (χ2n) is 9.54. The van der Waals surface area contributed by atoms with Gasteiger partial charge in [-0.2, -0.15) is 0 Å². The van der Waals surface area contributed by atoms with Crippen LogP contribution in [0.4, 0.5) is 13.6 Å². The van der Waals surface area contributed by atoms with Gasteiger partial charge in [0.25, 0.3) is 5.88 Å². The molecule has 1 aromatic rings. The highest BCUT2D eigenvalue weighted by atomic mass is 19.1. The van der Waals surface area contributed by atoms with Crippen molar-refractivity contribution in [2.75, 3.05) is 6.54 Å². The lowest BCUT2D eigenvalue weighted by Gasteiger charge is -2.60. The Morgan fingerprint density at radius 2 is 1.93 bits per heavy atom. The number of halogens is 2. The Kier molecular flexibility index (Phi) is 4.41. The van der Waals surface area contributed by atoms with Gasteiger partial charge in [-0.1, -0.05) is 0 Å².